The van der Waals surface area contributed by atoms with Crippen molar-refractivity contribution in [2.75, 3.05) is 6.54 Å². The molecule has 2 aliphatic carbocycles. The number of hydrogen-bond donors (Lipinski definition) is 1. The van der Waals surface area contributed by atoms with Crippen molar-refractivity contribution < 1.29 is 27.5 Å². The smallest absolute Gasteiger partial charge is 0.416 e. The molecule has 0 aromatic heterocycles. The number of rotatable bonds is 8. The fourth-order valence-electron chi connectivity index (χ4n) is 6.05. The van der Waals surface area contributed by atoms with E-state index in [1.807, 2.05) is 0 Å². The summed E-state index contributed by atoms with van der Waals surface area (Å²) < 4.78 is 53.0. The maximum Gasteiger partial charge on any atom is 0.416 e. The number of carboxylic acid groups (broad SMARTS) is 1. The first-order valence-corrected chi connectivity index (χ1v) is 12.6. The largest absolute Gasteiger partial charge is 0.481 e. The topological polar surface area (TPSA) is 40.5 Å². The Kier molecular flexibility index (Phi) is 8.15. The van der Waals surface area contributed by atoms with Crippen LogP contribution < -0.4 is 0 Å². The zero-order chi connectivity index (χ0) is 25.0. The standard InChI is InChI=1S/C28H33F4NO2/c29-24-12-5-20(6-13-24)18-33(17-19-3-1-2-4-19)26-14-7-21(16-27(34)35)15-25(26)22-8-10-23(11-9-22)28(30,31)32/h5-6,8-13,19,21,25-26H,1-4,7,14-18H2,(H,34,35)/t21-,25+,26-/m1/s1. The molecule has 3 atom stereocenters. The molecule has 2 saturated carbocycles. The molecule has 0 radical (unpaired) electrons. The highest BCUT2D eigenvalue weighted by atomic mass is 19.4. The minimum Gasteiger partial charge on any atom is -0.481 e. The van der Waals surface area contributed by atoms with Gasteiger partial charge < -0.3 is 5.11 Å². The second-order valence-electron chi connectivity index (χ2n) is 10.3. The molecule has 3 nitrogen and oxygen atoms in total. The molecule has 35 heavy (non-hydrogen) atoms. The van der Waals surface area contributed by atoms with Gasteiger partial charge in [-0.2, -0.15) is 13.2 Å². The van der Waals surface area contributed by atoms with E-state index in [9.17, 15) is 27.5 Å². The summed E-state index contributed by atoms with van der Waals surface area (Å²) in [5.74, 6) is -0.616. The number of alkyl halides is 3. The number of nitrogens with zero attached hydrogens (tertiary/aromatic N) is 1. The van der Waals surface area contributed by atoms with E-state index in [2.05, 4.69) is 4.90 Å². The van der Waals surface area contributed by atoms with Gasteiger partial charge in [-0.1, -0.05) is 37.1 Å². The molecular weight excluding hydrogens is 458 g/mol. The van der Waals surface area contributed by atoms with Gasteiger partial charge in [0, 0.05) is 25.6 Å². The van der Waals surface area contributed by atoms with Gasteiger partial charge in [-0.25, -0.2) is 4.39 Å². The molecule has 0 amide bonds. The maximum absolute atomic E-state index is 13.5. The van der Waals surface area contributed by atoms with Crippen LogP contribution in [0.3, 0.4) is 0 Å². The molecule has 1 N–H and O–H groups in total. The lowest BCUT2D eigenvalue weighted by atomic mass is 9.72. The second-order valence-corrected chi connectivity index (χ2v) is 10.3. The number of carboxylic acids is 1. The summed E-state index contributed by atoms with van der Waals surface area (Å²) in [6.45, 7) is 1.53. The Labute approximate surface area is 204 Å². The first-order chi connectivity index (χ1) is 16.7. The van der Waals surface area contributed by atoms with Crippen molar-refractivity contribution in [2.24, 2.45) is 11.8 Å². The molecule has 0 unspecified atom stereocenters. The summed E-state index contributed by atoms with van der Waals surface area (Å²) in [6, 6.07) is 12.0. The molecule has 0 spiro atoms. The minimum atomic E-state index is -4.40. The van der Waals surface area contributed by atoms with E-state index in [4.69, 9.17) is 0 Å². The predicted molar refractivity (Wildman–Crippen MR) is 126 cm³/mol. The zero-order valence-corrected chi connectivity index (χ0v) is 19.8. The molecule has 4 rings (SSSR count). The predicted octanol–water partition coefficient (Wildman–Crippen LogP) is 7.26. The summed E-state index contributed by atoms with van der Waals surface area (Å²) in [5.41, 5.74) is 1.15. The van der Waals surface area contributed by atoms with Gasteiger partial charge >= 0.3 is 12.1 Å². The lowest BCUT2D eigenvalue weighted by Gasteiger charge is -2.44. The summed E-state index contributed by atoms with van der Waals surface area (Å²) in [7, 11) is 0. The number of halogens is 4. The van der Waals surface area contributed by atoms with Gasteiger partial charge in [0.15, 0.2) is 0 Å². The van der Waals surface area contributed by atoms with Crippen LogP contribution in [0.2, 0.25) is 0 Å². The third-order valence-electron chi connectivity index (χ3n) is 7.79. The van der Waals surface area contributed by atoms with E-state index in [1.165, 1.54) is 37.8 Å². The van der Waals surface area contributed by atoms with Crippen LogP contribution in [0, 0.1) is 17.7 Å². The fraction of sp³-hybridized carbons (Fsp3) is 0.536. The highest BCUT2D eigenvalue weighted by molar-refractivity contribution is 5.67. The summed E-state index contributed by atoms with van der Waals surface area (Å²) in [6.07, 6.45) is 2.63. The molecule has 2 aromatic carbocycles. The van der Waals surface area contributed by atoms with Gasteiger partial charge in [0.2, 0.25) is 0 Å². The van der Waals surface area contributed by atoms with Crippen LogP contribution >= 0.6 is 0 Å². The normalized spacial score (nSPS) is 23.6. The van der Waals surface area contributed by atoms with Crippen molar-refractivity contribution in [3.63, 3.8) is 0 Å². The lowest BCUT2D eigenvalue weighted by molar-refractivity contribution is -0.139. The second kappa shape index (κ2) is 11.1. The van der Waals surface area contributed by atoms with E-state index in [1.54, 1.807) is 24.3 Å². The number of hydrogen-bond acceptors (Lipinski definition) is 2. The van der Waals surface area contributed by atoms with E-state index >= 15 is 0 Å². The summed E-state index contributed by atoms with van der Waals surface area (Å²) >= 11 is 0. The van der Waals surface area contributed by atoms with Crippen molar-refractivity contribution in [2.45, 2.75) is 76.0 Å². The van der Waals surface area contributed by atoms with Gasteiger partial charge in [0.25, 0.3) is 0 Å². The Morgan fingerprint density at radius 2 is 1.57 bits per heavy atom. The molecule has 2 aromatic rings. The molecule has 7 heteroatoms. The Morgan fingerprint density at radius 1 is 0.914 bits per heavy atom. The first kappa shape index (κ1) is 25.7. The Bertz CT molecular complexity index is 968. The van der Waals surface area contributed by atoms with Crippen molar-refractivity contribution >= 4 is 5.97 Å². The zero-order valence-electron chi connectivity index (χ0n) is 19.8. The Morgan fingerprint density at radius 3 is 2.17 bits per heavy atom. The van der Waals surface area contributed by atoms with Gasteiger partial charge in [-0.15, -0.1) is 0 Å². The molecular formula is C28H33F4NO2. The fourth-order valence-corrected chi connectivity index (χ4v) is 6.05. The van der Waals surface area contributed by atoms with E-state index in [0.29, 0.717) is 18.9 Å². The third kappa shape index (κ3) is 6.84. The number of benzene rings is 2. The van der Waals surface area contributed by atoms with Crippen LogP contribution in [0.1, 0.15) is 74.0 Å². The van der Waals surface area contributed by atoms with Crippen molar-refractivity contribution in [1.29, 1.82) is 0 Å². The molecule has 2 aliphatic rings. The van der Waals surface area contributed by atoms with Crippen molar-refractivity contribution in [1.82, 2.24) is 4.90 Å². The highest BCUT2D eigenvalue weighted by Gasteiger charge is 2.37. The lowest BCUT2D eigenvalue weighted by Crippen LogP contribution is -2.44. The van der Waals surface area contributed by atoms with Crippen LogP contribution in [0.15, 0.2) is 48.5 Å². The minimum absolute atomic E-state index is 0.00445. The van der Waals surface area contributed by atoms with Crippen LogP contribution in [0.25, 0.3) is 0 Å². The average molecular weight is 492 g/mol. The van der Waals surface area contributed by atoms with E-state index in [-0.39, 0.29) is 30.1 Å². The summed E-state index contributed by atoms with van der Waals surface area (Å²) in [4.78, 5) is 13.8. The molecule has 0 aliphatic heterocycles. The number of carbonyl (C=O) groups is 1. The third-order valence-corrected chi connectivity index (χ3v) is 7.79. The van der Waals surface area contributed by atoms with Gasteiger partial charge in [-0.05, 0) is 85.3 Å². The molecule has 190 valence electrons. The monoisotopic (exact) mass is 491 g/mol. The quantitative estimate of drug-likeness (QED) is 0.395. The van der Waals surface area contributed by atoms with E-state index < -0.39 is 17.7 Å². The van der Waals surface area contributed by atoms with Gasteiger partial charge in [0.05, 0.1) is 5.56 Å². The molecule has 2 fully saturated rings. The molecule has 0 saturated heterocycles. The van der Waals surface area contributed by atoms with Gasteiger partial charge in [-0.3, -0.25) is 9.69 Å². The van der Waals surface area contributed by atoms with Crippen LogP contribution in [0.5, 0.6) is 0 Å². The van der Waals surface area contributed by atoms with Gasteiger partial charge in [0.1, 0.15) is 5.82 Å². The molecule has 0 bridgehead atoms. The first-order valence-electron chi connectivity index (χ1n) is 12.6. The van der Waals surface area contributed by atoms with E-state index in [0.717, 1.165) is 42.6 Å². The highest BCUT2D eigenvalue weighted by Crippen LogP contribution is 2.42. The van der Waals surface area contributed by atoms with Crippen LogP contribution in [0.4, 0.5) is 17.6 Å². The number of aliphatic carboxylic acids is 1. The SMILES string of the molecule is O=C(O)C[C@@H]1CC[C@@H](N(Cc2ccc(F)cc2)CC2CCCC2)[C@H](c2ccc(C(F)(F)F)cc2)C1. The maximum atomic E-state index is 13.5. The van der Waals surface area contributed by atoms with Crippen molar-refractivity contribution in [3.8, 4) is 0 Å². The average Bonchev–Trinajstić information content (AvgIpc) is 3.32. The van der Waals surface area contributed by atoms with Crippen LogP contribution in [-0.2, 0) is 17.5 Å². The summed E-state index contributed by atoms with van der Waals surface area (Å²) in [5, 5.41) is 9.36. The Balaban J connectivity index is 1.63. The van der Waals surface area contributed by atoms with Crippen LogP contribution in [-0.4, -0.2) is 28.6 Å². The molecule has 0 heterocycles. The van der Waals surface area contributed by atoms with Crippen molar-refractivity contribution in [3.05, 3.63) is 71.0 Å². The Hall–Kier alpha value is -2.41.